The van der Waals surface area contributed by atoms with Gasteiger partial charge in [-0.1, -0.05) is 29.3 Å². The number of amides is 1. The van der Waals surface area contributed by atoms with E-state index >= 15 is 0 Å². The zero-order valence-corrected chi connectivity index (χ0v) is 9.86. The summed E-state index contributed by atoms with van der Waals surface area (Å²) in [6, 6.07) is 4.91. The summed E-state index contributed by atoms with van der Waals surface area (Å²) in [6.07, 6.45) is -0.634. The quantitative estimate of drug-likeness (QED) is 0.847. The Morgan fingerprint density at radius 2 is 1.93 bits per heavy atom. The van der Waals surface area contributed by atoms with Gasteiger partial charge in [-0.05, 0) is 12.1 Å². The van der Waals surface area contributed by atoms with Crippen LogP contribution < -0.4 is 5.32 Å². The van der Waals surface area contributed by atoms with E-state index < -0.39 is 6.09 Å². The summed E-state index contributed by atoms with van der Waals surface area (Å²) in [6.45, 7) is 0.134. The summed E-state index contributed by atoms with van der Waals surface area (Å²) in [5.41, 5.74) is 0.334. The highest BCUT2D eigenvalue weighted by atomic mass is 35.5. The lowest BCUT2D eigenvalue weighted by molar-refractivity contribution is 0.168. The van der Waals surface area contributed by atoms with Gasteiger partial charge in [0.15, 0.2) is 0 Å². The van der Waals surface area contributed by atoms with E-state index in [-0.39, 0.29) is 12.5 Å². The fourth-order valence-electron chi connectivity index (χ4n) is 0.887. The summed E-state index contributed by atoms with van der Waals surface area (Å²) in [5.74, 6) is 0.240. The lowest BCUT2D eigenvalue weighted by atomic mass is 10.3. The standard InChI is InChI=1S/C9H8Cl3NO2/c10-4-5-15-9(14)13-8-6(11)2-1-3-7(8)12/h1-3H,4-5H2,(H,13,14). The molecule has 0 radical (unpaired) electrons. The summed E-state index contributed by atoms with van der Waals surface area (Å²) in [7, 11) is 0. The molecular formula is C9H8Cl3NO2. The van der Waals surface area contributed by atoms with Crippen LogP contribution in [0.5, 0.6) is 0 Å². The Labute approximate surface area is 102 Å². The van der Waals surface area contributed by atoms with Gasteiger partial charge in [0.1, 0.15) is 6.61 Å². The van der Waals surface area contributed by atoms with Crippen LogP contribution >= 0.6 is 34.8 Å². The van der Waals surface area contributed by atoms with Gasteiger partial charge in [-0.15, -0.1) is 11.6 Å². The third-order valence-electron chi connectivity index (χ3n) is 1.50. The zero-order chi connectivity index (χ0) is 11.3. The van der Waals surface area contributed by atoms with E-state index in [9.17, 15) is 4.79 Å². The van der Waals surface area contributed by atoms with Crippen LogP contribution in [-0.2, 0) is 4.74 Å². The normalized spacial score (nSPS) is 9.80. The van der Waals surface area contributed by atoms with Gasteiger partial charge < -0.3 is 4.74 Å². The number of nitrogens with one attached hydrogen (secondary N) is 1. The molecule has 1 aromatic rings. The van der Waals surface area contributed by atoms with Gasteiger partial charge >= 0.3 is 6.09 Å². The Kier molecular flexibility index (Phi) is 5.02. The maximum absolute atomic E-state index is 11.2. The summed E-state index contributed by atoms with van der Waals surface area (Å²) < 4.78 is 4.71. The van der Waals surface area contributed by atoms with Crippen molar-refractivity contribution >= 4 is 46.6 Å². The van der Waals surface area contributed by atoms with E-state index in [1.807, 2.05) is 0 Å². The first-order valence-electron chi connectivity index (χ1n) is 4.09. The fourth-order valence-corrected chi connectivity index (χ4v) is 1.46. The molecule has 0 heterocycles. The van der Waals surface area contributed by atoms with E-state index in [4.69, 9.17) is 39.5 Å². The highest BCUT2D eigenvalue weighted by Crippen LogP contribution is 2.29. The number of benzene rings is 1. The van der Waals surface area contributed by atoms with Crippen molar-refractivity contribution in [2.75, 3.05) is 17.8 Å². The Balaban J connectivity index is 2.68. The average molecular weight is 269 g/mol. The summed E-state index contributed by atoms with van der Waals surface area (Å²) in [4.78, 5) is 11.2. The lowest BCUT2D eigenvalue weighted by Crippen LogP contribution is -2.15. The number of rotatable bonds is 3. The smallest absolute Gasteiger partial charge is 0.411 e. The van der Waals surface area contributed by atoms with E-state index in [0.29, 0.717) is 15.7 Å². The predicted molar refractivity (Wildman–Crippen MR) is 62.2 cm³/mol. The van der Waals surface area contributed by atoms with Gasteiger partial charge in [0, 0.05) is 0 Å². The van der Waals surface area contributed by atoms with E-state index in [0.717, 1.165) is 0 Å². The molecule has 0 spiro atoms. The minimum atomic E-state index is -0.634. The highest BCUT2D eigenvalue weighted by Gasteiger charge is 2.09. The first kappa shape index (κ1) is 12.4. The summed E-state index contributed by atoms with van der Waals surface area (Å²) in [5, 5.41) is 3.13. The Morgan fingerprint density at radius 3 is 2.47 bits per heavy atom. The van der Waals surface area contributed by atoms with Crippen LogP contribution in [0.1, 0.15) is 0 Å². The van der Waals surface area contributed by atoms with E-state index in [1.54, 1.807) is 18.2 Å². The first-order chi connectivity index (χ1) is 7.15. The number of halogens is 3. The van der Waals surface area contributed by atoms with Gasteiger partial charge in [-0.25, -0.2) is 4.79 Å². The minimum absolute atomic E-state index is 0.134. The molecule has 0 unspecified atom stereocenters. The molecule has 0 aliphatic carbocycles. The van der Waals surface area contributed by atoms with Crippen LogP contribution in [0.3, 0.4) is 0 Å². The van der Waals surface area contributed by atoms with E-state index in [1.165, 1.54) is 0 Å². The van der Waals surface area contributed by atoms with Crippen molar-refractivity contribution in [2.24, 2.45) is 0 Å². The second kappa shape index (κ2) is 6.05. The molecule has 1 rings (SSSR count). The van der Waals surface area contributed by atoms with Gasteiger partial charge in [0.05, 0.1) is 21.6 Å². The number of anilines is 1. The predicted octanol–water partition coefficient (Wildman–Crippen LogP) is 3.78. The molecule has 6 heteroatoms. The molecule has 3 nitrogen and oxygen atoms in total. The minimum Gasteiger partial charge on any atom is -0.448 e. The van der Waals surface area contributed by atoms with Crippen molar-refractivity contribution in [3.05, 3.63) is 28.2 Å². The second-order valence-electron chi connectivity index (χ2n) is 2.55. The maximum Gasteiger partial charge on any atom is 0.411 e. The molecule has 1 amide bonds. The van der Waals surface area contributed by atoms with Crippen molar-refractivity contribution in [2.45, 2.75) is 0 Å². The lowest BCUT2D eigenvalue weighted by Gasteiger charge is -2.08. The number of carbonyl (C=O) groups is 1. The van der Waals surface area contributed by atoms with Crippen LogP contribution in [0.25, 0.3) is 0 Å². The molecule has 82 valence electrons. The van der Waals surface area contributed by atoms with Crippen LogP contribution in [-0.4, -0.2) is 18.6 Å². The Morgan fingerprint density at radius 1 is 1.33 bits per heavy atom. The average Bonchev–Trinajstić information content (AvgIpc) is 2.21. The van der Waals surface area contributed by atoms with Gasteiger partial charge in [0.2, 0.25) is 0 Å². The molecular weight excluding hydrogens is 260 g/mol. The third-order valence-corrected chi connectivity index (χ3v) is 2.28. The van der Waals surface area contributed by atoms with Crippen molar-refractivity contribution in [1.82, 2.24) is 0 Å². The highest BCUT2D eigenvalue weighted by molar-refractivity contribution is 6.39. The van der Waals surface area contributed by atoms with Crippen molar-refractivity contribution in [1.29, 1.82) is 0 Å². The topological polar surface area (TPSA) is 38.3 Å². The number of hydrogen-bond acceptors (Lipinski definition) is 2. The fraction of sp³-hybridized carbons (Fsp3) is 0.222. The molecule has 0 aliphatic rings. The number of alkyl halides is 1. The number of carbonyl (C=O) groups excluding carboxylic acids is 1. The van der Waals surface area contributed by atoms with Crippen LogP contribution in [0.2, 0.25) is 10.0 Å². The molecule has 1 N–H and O–H groups in total. The van der Waals surface area contributed by atoms with E-state index in [2.05, 4.69) is 5.32 Å². The van der Waals surface area contributed by atoms with Crippen molar-refractivity contribution in [3.63, 3.8) is 0 Å². The largest absolute Gasteiger partial charge is 0.448 e. The zero-order valence-electron chi connectivity index (χ0n) is 7.60. The maximum atomic E-state index is 11.2. The molecule has 0 saturated heterocycles. The molecule has 0 aromatic heterocycles. The molecule has 15 heavy (non-hydrogen) atoms. The Bertz CT molecular complexity index is 337. The molecule has 1 aromatic carbocycles. The number of para-hydroxylation sites is 1. The Hall–Kier alpha value is -0.640. The van der Waals surface area contributed by atoms with Crippen molar-refractivity contribution in [3.8, 4) is 0 Å². The molecule has 0 bridgehead atoms. The number of hydrogen-bond donors (Lipinski definition) is 1. The van der Waals surface area contributed by atoms with Gasteiger partial charge in [0.25, 0.3) is 0 Å². The van der Waals surface area contributed by atoms with Crippen molar-refractivity contribution < 1.29 is 9.53 Å². The molecule has 0 aliphatic heterocycles. The summed E-state index contributed by atoms with van der Waals surface area (Å²) >= 11 is 17.0. The molecule has 0 atom stereocenters. The molecule has 0 saturated carbocycles. The SMILES string of the molecule is O=C(Nc1c(Cl)cccc1Cl)OCCCl. The number of ether oxygens (including phenoxy) is 1. The monoisotopic (exact) mass is 267 g/mol. The van der Waals surface area contributed by atoms with Crippen LogP contribution in [0.15, 0.2) is 18.2 Å². The first-order valence-corrected chi connectivity index (χ1v) is 5.38. The van der Waals surface area contributed by atoms with Gasteiger partial charge in [-0.3, -0.25) is 5.32 Å². The molecule has 0 fully saturated rings. The second-order valence-corrected chi connectivity index (χ2v) is 3.74. The van der Waals surface area contributed by atoms with Crippen LogP contribution in [0, 0.1) is 0 Å². The van der Waals surface area contributed by atoms with Crippen LogP contribution in [0.4, 0.5) is 10.5 Å². The van der Waals surface area contributed by atoms with Gasteiger partial charge in [-0.2, -0.15) is 0 Å². The third kappa shape index (κ3) is 3.78.